The summed E-state index contributed by atoms with van der Waals surface area (Å²) in [6.45, 7) is 5.31. The van der Waals surface area contributed by atoms with Crippen molar-refractivity contribution in [2.45, 2.75) is 51.2 Å². The van der Waals surface area contributed by atoms with Crippen molar-refractivity contribution in [2.24, 2.45) is 5.92 Å². The summed E-state index contributed by atoms with van der Waals surface area (Å²) in [4.78, 5) is 14.5. The lowest BCUT2D eigenvalue weighted by atomic mass is 9.88. The van der Waals surface area contributed by atoms with Gasteiger partial charge in [0.15, 0.2) is 0 Å². The first-order valence-corrected chi connectivity index (χ1v) is 9.64. The van der Waals surface area contributed by atoms with Gasteiger partial charge >= 0.3 is 6.03 Å². The number of carbonyl (C=O) groups excluding carboxylic acids is 1. The largest absolute Gasteiger partial charge is 0.390 e. The number of nitrogens with one attached hydrogen (secondary N) is 2. The van der Waals surface area contributed by atoms with E-state index < -0.39 is 6.10 Å². The normalized spacial score (nSPS) is 22.9. The highest BCUT2D eigenvalue weighted by Gasteiger charge is 2.22. The molecule has 1 aliphatic carbocycles. The quantitative estimate of drug-likeness (QED) is 0.768. The average Bonchev–Trinajstić information content (AvgIpc) is 2.62. The molecule has 0 spiro atoms. The van der Waals surface area contributed by atoms with Crippen molar-refractivity contribution >= 4 is 6.03 Å². The summed E-state index contributed by atoms with van der Waals surface area (Å²) in [7, 11) is 0. The van der Waals surface area contributed by atoms with E-state index in [0.717, 1.165) is 38.3 Å². The molecular formula is C20H31N3O2. The zero-order valence-corrected chi connectivity index (χ0v) is 15.2. The lowest BCUT2D eigenvalue weighted by molar-refractivity contribution is 0.0919. The van der Waals surface area contributed by atoms with Gasteiger partial charge in [0.1, 0.15) is 0 Å². The van der Waals surface area contributed by atoms with Crippen LogP contribution in [0.2, 0.25) is 0 Å². The fraction of sp³-hybridized carbons (Fsp3) is 0.650. The van der Waals surface area contributed by atoms with E-state index in [9.17, 15) is 9.90 Å². The fourth-order valence-corrected chi connectivity index (χ4v) is 3.93. The molecule has 5 heteroatoms. The lowest BCUT2D eigenvalue weighted by Crippen LogP contribution is -2.46. The second kappa shape index (κ2) is 8.68. The Kier molecular flexibility index (Phi) is 6.32. The Hall–Kier alpha value is -1.59. The Balaban J connectivity index is 1.41. The standard InChI is InChI=1S/C20H31N3O2/c1-15-9-11-23(12-10-15)14-17(24)13-21-20(25)22-19-8-4-6-16-5-2-3-7-18(16)19/h2-3,5,7,15,17,19,24H,4,6,8-14H2,1H3,(H2,21,22,25). The number of amides is 2. The number of nitrogens with zero attached hydrogens (tertiary/aromatic N) is 1. The molecule has 0 saturated carbocycles. The maximum absolute atomic E-state index is 12.2. The van der Waals surface area contributed by atoms with Gasteiger partial charge in [-0.15, -0.1) is 0 Å². The smallest absolute Gasteiger partial charge is 0.315 e. The van der Waals surface area contributed by atoms with Crippen molar-refractivity contribution in [1.29, 1.82) is 0 Å². The third-order valence-electron chi connectivity index (χ3n) is 5.52. The second-order valence-electron chi connectivity index (χ2n) is 7.63. The highest BCUT2D eigenvalue weighted by molar-refractivity contribution is 5.74. The van der Waals surface area contributed by atoms with Crippen molar-refractivity contribution < 1.29 is 9.90 Å². The van der Waals surface area contributed by atoms with Crippen molar-refractivity contribution in [2.75, 3.05) is 26.2 Å². The van der Waals surface area contributed by atoms with Gasteiger partial charge in [-0.3, -0.25) is 0 Å². The third kappa shape index (κ3) is 5.19. The Morgan fingerprint density at radius 1 is 1.28 bits per heavy atom. The summed E-state index contributed by atoms with van der Waals surface area (Å²) < 4.78 is 0. The zero-order valence-electron chi connectivity index (χ0n) is 15.2. The van der Waals surface area contributed by atoms with E-state index in [1.165, 1.54) is 24.0 Å². The highest BCUT2D eigenvalue weighted by atomic mass is 16.3. The number of hydrogen-bond acceptors (Lipinski definition) is 3. The molecule has 5 nitrogen and oxygen atoms in total. The second-order valence-corrected chi connectivity index (χ2v) is 7.63. The number of piperidine rings is 1. The number of likely N-dealkylation sites (tertiary alicyclic amines) is 1. The molecule has 1 heterocycles. The minimum absolute atomic E-state index is 0.0747. The molecule has 1 aromatic rings. The van der Waals surface area contributed by atoms with E-state index in [2.05, 4.69) is 40.7 Å². The van der Waals surface area contributed by atoms with Crippen molar-refractivity contribution in [3.8, 4) is 0 Å². The van der Waals surface area contributed by atoms with Crippen LogP contribution in [-0.2, 0) is 6.42 Å². The number of aliphatic hydroxyl groups excluding tert-OH is 1. The summed E-state index contributed by atoms with van der Waals surface area (Å²) in [6, 6.07) is 8.22. The van der Waals surface area contributed by atoms with Gasteiger partial charge in [0, 0.05) is 13.1 Å². The average molecular weight is 345 g/mol. The molecular weight excluding hydrogens is 314 g/mol. The van der Waals surface area contributed by atoms with Gasteiger partial charge in [0.2, 0.25) is 0 Å². The molecule has 3 N–H and O–H groups in total. The molecule has 1 saturated heterocycles. The van der Waals surface area contributed by atoms with E-state index in [0.29, 0.717) is 13.1 Å². The van der Waals surface area contributed by atoms with Gasteiger partial charge in [-0.1, -0.05) is 31.2 Å². The SMILES string of the molecule is CC1CCN(CC(O)CNC(=O)NC2CCCc3ccccc32)CC1. The van der Waals surface area contributed by atoms with Crippen LogP contribution in [-0.4, -0.2) is 48.3 Å². The van der Waals surface area contributed by atoms with E-state index >= 15 is 0 Å². The zero-order chi connectivity index (χ0) is 17.6. The topological polar surface area (TPSA) is 64.6 Å². The number of fused-ring (bicyclic) bond motifs is 1. The Morgan fingerprint density at radius 2 is 2.04 bits per heavy atom. The molecule has 2 unspecified atom stereocenters. The first kappa shape index (κ1) is 18.2. The van der Waals surface area contributed by atoms with Gasteiger partial charge in [-0.25, -0.2) is 4.79 Å². The van der Waals surface area contributed by atoms with E-state index in [-0.39, 0.29) is 12.1 Å². The molecule has 138 valence electrons. The predicted octanol–water partition coefficient (Wildman–Crippen LogP) is 2.46. The van der Waals surface area contributed by atoms with Gasteiger partial charge in [-0.2, -0.15) is 0 Å². The third-order valence-corrected chi connectivity index (χ3v) is 5.52. The number of urea groups is 1. The van der Waals surface area contributed by atoms with Gasteiger partial charge in [0.25, 0.3) is 0 Å². The first-order valence-electron chi connectivity index (χ1n) is 9.64. The number of rotatable bonds is 5. The van der Waals surface area contributed by atoms with Gasteiger partial charge in [0.05, 0.1) is 12.1 Å². The van der Waals surface area contributed by atoms with Crippen molar-refractivity contribution in [1.82, 2.24) is 15.5 Å². The Labute approximate surface area is 150 Å². The first-order chi connectivity index (χ1) is 12.1. The summed E-state index contributed by atoms with van der Waals surface area (Å²) in [5, 5.41) is 16.1. The molecule has 0 aromatic heterocycles. The number of β-amino-alcohol motifs (C(OH)–C–C–N with tert-alkyl or cyclic N) is 1. The van der Waals surface area contributed by atoms with Crippen LogP contribution < -0.4 is 10.6 Å². The van der Waals surface area contributed by atoms with E-state index in [1.54, 1.807) is 0 Å². The maximum Gasteiger partial charge on any atom is 0.315 e. The number of aryl methyl sites for hydroxylation is 1. The number of hydrogen-bond donors (Lipinski definition) is 3. The Morgan fingerprint density at radius 3 is 2.84 bits per heavy atom. The molecule has 2 amide bonds. The molecule has 3 rings (SSSR count). The van der Waals surface area contributed by atoms with Crippen LogP contribution in [0.5, 0.6) is 0 Å². The predicted molar refractivity (Wildman–Crippen MR) is 99.5 cm³/mol. The van der Waals surface area contributed by atoms with E-state index in [1.807, 2.05) is 6.07 Å². The van der Waals surface area contributed by atoms with Crippen molar-refractivity contribution in [3.63, 3.8) is 0 Å². The van der Waals surface area contributed by atoms with Crippen LogP contribution >= 0.6 is 0 Å². The van der Waals surface area contributed by atoms with Crippen LogP contribution in [0.4, 0.5) is 4.79 Å². The molecule has 2 atom stereocenters. The minimum atomic E-state index is -0.516. The maximum atomic E-state index is 12.2. The van der Waals surface area contributed by atoms with Crippen LogP contribution in [0.1, 0.15) is 49.8 Å². The van der Waals surface area contributed by atoms with Gasteiger partial charge in [-0.05, 0) is 62.2 Å². The molecule has 0 radical (unpaired) electrons. The van der Waals surface area contributed by atoms with Crippen molar-refractivity contribution in [3.05, 3.63) is 35.4 Å². The number of aliphatic hydroxyl groups is 1. The minimum Gasteiger partial charge on any atom is -0.390 e. The molecule has 1 fully saturated rings. The van der Waals surface area contributed by atoms with Crippen LogP contribution in [0.25, 0.3) is 0 Å². The molecule has 2 aliphatic rings. The number of benzene rings is 1. The van der Waals surface area contributed by atoms with Crippen LogP contribution in [0.3, 0.4) is 0 Å². The summed E-state index contributed by atoms with van der Waals surface area (Å²) in [5.74, 6) is 0.788. The van der Waals surface area contributed by atoms with Gasteiger partial charge < -0.3 is 20.6 Å². The number of carbonyl (C=O) groups is 1. The van der Waals surface area contributed by atoms with E-state index in [4.69, 9.17) is 0 Å². The molecule has 1 aliphatic heterocycles. The summed E-state index contributed by atoms with van der Waals surface area (Å²) in [6.07, 6.45) is 5.03. The molecule has 0 bridgehead atoms. The van der Waals surface area contributed by atoms with Crippen LogP contribution in [0.15, 0.2) is 24.3 Å². The van der Waals surface area contributed by atoms with Crippen LogP contribution in [0, 0.1) is 5.92 Å². The molecule has 1 aromatic carbocycles. The fourth-order valence-electron chi connectivity index (χ4n) is 3.93. The lowest BCUT2D eigenvalue weighted by Gasteiger charge is -2.31. The molecule has 25 heavy (non-hydrogen) atoms. The summed E-state index contributed by atoms with van der Waals surface area (Å²) >= 11 is 0. The monoisotopic (exact) mass is 345 g/mol. The highest BCUT2D eigenvalue weighted by Crippen LogP contribution is 2.29. The Bertz CT molecular complexity index is 570. The summed E-state index contributed by atoms with van der Waals surface area (Å²) in [5.41, 5.74) is 2.56.